The highest BCUT2D eigenvalue weighted by Crippen LogP contribution is 2.43. The lowest BCUT2D eigenvalue weighted by atomic mass is 10.4. The Morgan fingerprint density at radius 3 is 1.75 bits per heavy atom. The maximum absolute atomic E-state index is 2.61. The van der Waals surface area contributed by atoms with Crippen molar-refractivity contribution in [2.75, 3.05) is 27.2 Å². The molecular formula is C18H30NSi+. The maximum Gasteiger partial charge on any atom is 0.0779 e. The molecule has 2 aliphatic carbocycles. The van der Waals surface area contributed by atoms with Gasteiger partial charge in [-0.1, -0.05) is 61.2 Å². The second-order valence-corrected chi connectivity index (χ2v) is 12.0. The summed E-state index contributed by atoms with van der Waals surface area (Å²) in [4.78, 5) is 0. The average Bonchev–Trinajstić information content (AvgIpc) is 3.11. The molecule has 0 radical (unpaired) electrons. The standard InChI is InChI=1S/C18H30NSi/c1-5-19(2,3)15-10-16-20(4,17-11-6-7-12-17)18-13-8-9-14-18/h6-9,11-14,17-18H,5,10,15-16H2,1-4H3/q+1. The van der Waals surface area contributed by atoms with Crippen LogP contribution in [0.4, 0.5) is 0 Å². The van der Waals surface area contributed by atoms with Crippen molar-refractivity contribution in [2.45, 2.75) is 37.0 Å². The van der Waals surface area contributed by atoms with Crippen LogP contribution in [0.5, 0.6) is 0 Å². The van der Waals surface area contributed by atoms with E-state index >= 15 is 0 Å². The van der Waals surface area contributed by atoms with Crippen molar-refractivity contribution in [3.8, 4) is 0 Å². The first-order valence-corrected chi connectivity index (χ1v) is 10.9. The molecule has 0 aromatic carbocycles. The van der Waals surface area contributed by atoms with Crippen molar-refractivity contribution in [3.63, 3.8) is 0 Å². The van der Waals surface area contributed by atoms with Gasteiger partial charge in [0.05, 0.1) is 35.3 Å². The minimum Gasteiger partial charge on any atom is -0.329 e. The molecule has 0 heterocycles. The van der Waals surface area contributed by atoms with E-state index in [1.165, 1.54) is 25.6 Å². The fourth-order valence-electron chi connectivity index (χ4n) is 3.34. The van der Waals surface area contributed by atoms with Crippen molar-refractivity contribution >= 4 is 8.07 Å². The molecule has 0 aromatic rings. The van der Waals surface area contributed by atoms with Crippen LogP contribution in [0, 0.1) is 0 Å². The Morgan fingerprint density at radius 1 is 0.900 bits per heavy atom. The zero-order chi connectivity index (χ0) is 14.6. The van der Waals surface area contributed by atoms with Crippen molar-refractivity contribution < 1.29 is 4.48 Å². The van der Waals surface area contributed by atoms with E-state index in [0.717, 1.165) is 15.6 Å². The highest BCUT2D eigenvalue weighted by Gasteiger charge is 2.40. The van der Waals surface area contributed by atoms with Gasteiger partial charge in [0.1, 0.15) is 0 Å². The van der Waals surface area contributed by atoms with Gasteiger partial charge in [0.25, 0.3) is 0 Å². The summed E-state index contributed by atoms with van der Waals surface area (Å²) in [6.07, 6.45) is 20.1. The molecule has 0 saturated carbocycles. The molecule has 2 rings (SSSR count). The van der Waals surface area contributed by atoms with E-state index in [9.17, 15) is 0 Å². The van der Waals surface area contributed by atoms with Crippen molar-refractivity contribution in [3.05, 3.63) is 48.6 Å². The molecule has 0 amide bonds. The fourth-order valence-corrected chi connectivity index (χ4v) is 7.58. The lowest BCUT2D eigenvalue weighted by Crippen LogP contribution is -2.43. The number of nitrogens with zero attached hydrogens (tertiary/aromatic N) is 1. The van der Waals surface area contributed by atoms with E-state index in [0.29, 0.717) is 0 Å². The van der Waals surface area contributed by atoms with Gasteiger partial charge in [0.2, 0.25) is 0 Å². The molecule has 0 bridgehead atoms. The maximum atomic E-state index is 2.61. The topological polar surface area (TPSA) is 0 Å². The van der Waals surface area contributed by atoms with E-state index in [1.54, 1.807) is 0 Å². The summed E-state index contributed by atoms with van der Waals surface area (Å²) < 4.78 is 1.15. The zero-order valence-corrected chi connectivity index (χ0v) is 14.5. The van der Waals surface area contributed by atoms with Crippen molar-refractivity contribution in [1.82, 2.24) is 0 Å². The molecule has 0 atom stereocenters. The Hall–Kier alpha value is -0.863. The van der Waals surface area contributed by atoms with Gasteiger partial charge in [-0.25, -0.2) is 0 Å². The predicted molar refractivity (Wildman–Crippen MR) is 92.6 cm³/mol. The van der Waals surface area contributed by atoms with Crippen LogP contribution in [-0.2, 0) is 0 Å². The van der Waals surface area contributed by atoms with Crippen LogP contribution in [-0.4, -0.2) is 39.7 Å². The summed E-state index contributed by atoms with van der Waals surface area (Å²) in [5, 5.41) is 0. The monoisotopic (exact) mass is 288 g/mol. The Kier molecular flexibility index (Phi) is 4.87. The normalized spacial score (nSPS) is 19.6. The molecule has 20 heavy (non-hydrogen) atoms. The van der Waals surface area contributed by atoms with E-state index in [4.69, 9.17) is 0 Å². The molecular weight excluding hydrogens is 258 g/mol. The van der Waals surface area contributed by atoms with Crippen molar-refractivity contribution in [1.29, 1.82) is 0 Å². The van der Waals surface area contributed by atoms with Gasteiger partial charge in [-0.3, -0.25) is 0 Å². The van der Waals surface area contributed by atoms with E-state index in [-0.39, 0.29) is 0 Å². The van der Waals surface area contributed by atoms with Crippen molar-refractivity contribution in [2.24, 2.45) is 0 Å². The molecule has 0 aromatic heterocycles. The molecule has 2 heteroatoms. The molecule has 0 aliphatic heterocycles. The first kappa shape index (κ1) is 15.5. The number of allylic oxidation sites excluding steroid dienone is 8. The minimum atomic E-state index is -1.35. The van der Waals surface area contributed by atoms with Gasteiger partial charge >= 0.3 is 0 Å². The zero-order valence-electron chi connectivity index (χ0n) is 13.5. The summed E-state index contributed by atoms with van der Waals surface area (Å²) in [6.45, 7) is 7.43. The summed E-state index contributed by atoms with van der Waals surface area (Å²) in [7, 11) is 3.35. The van der Waals surface area contributed by atoms with Crippen LogP contribution in [0.3, 0.4) is 0 Å². The van der Waals surface area contributed by atoms with Gasteiger partial charge in [-0.05, 0) is 24.4 Å². The van der Waals surface area contributed by atoms with Crippen LogP contribution in [0.1, 0.15) is 13.3 Å². The van der Waals surface area contributed by atoms with Crippen LogP contribution in [0.2, 0.25) is 23.7 Å². The molecule has 0 spiro atoms. The second kappa shape index (κ2) is 6.27. The van der Waals surface area contributed by atoms with E-state index in [2.05, 4.69) is 76.2 Å². The van der Waals surface area contributed by atoms with Crippen LogP contribution >= 0.6 is 0 Å². The minimum absolute atomic E-state index is 0.720. The third-order valence-corrected chi connectivity index (χ3v) is 10.6. The largest absolute Gasteiger partial charge is 0.329 e. The third kappa shape index (κ3) is 3.42. The van der Waals surface area contributed by atoms with Crippen LogP contribution in [0.15, 0.2) is 48.6 Å². The summed E-state index contributed by atoms with van der Waals surface area (Å²) >= 11 is 0. The van der Waals surface area contributed by atoms with E-state index in [1.807, 2.05) is 0 Å². The van der Waals surface area contributed by atoms with Gasteiger partial charge in [0, 0.05) is 0 Å². The lowest BCUT2D eigenvalue weighted by Gasteiger charge is -2.37. The first-order chi connectivity index (χ1) is 9.48. The SMILES string of the molecule is CC[N+](C)(C)CCC[Si](C)(C1C=CC=C1)C1C=CC=C1. The summed E-state index contributed by atoms with van der Waals surface area (Å²) in [6, 6.07) is 1.42. The van der Waals surface area contributed by atoms with Crippen LogP contribution in [0.25, 0.3) is 0 Å². The molecule has 110 valence electrons. The number of hydrogen-bond acceptors (Lipinski definition) is 0. The lowest BCUT2D eigenvalue weighted by molar-refractivity contribution is -0.888. The Labute approximate surface area is 126 Å². The molecule has 2 aliphatic rings. The van der Waals surface area contributed by atoms with Gasteiger partial charge in [-0.2, -0.15) is 0 Å². The summed E-state index contributed by atoms with van der Waals surface area (Å²) in [5.74, 6) is 0. The predicted octanol–water partition coefficient (Wildman–Crippen LogP) is 4.54. The quantitative estimate of drug-likeness (QED) is 0.476. The molecule has 0 N–H and O–H groups in total. The molecule has 0 unspecified atom stereocenters. The number of rotatable bonds is 7. The fraction of sp³-hybridized carbons (Fsp3) is 0.556. The smallest absolute Gasteiger partial charge is 0.0779 e. The second-order valence-electron chi connectivity index (χ2n) is 7.18. The van der Waals surface area contributed by atoms with Gasteiger partial charge in [0.15, 0.2) is 0 Å². The van der Waals surface area contributed by atoms with Crippen LogP contribution < -0.4 is 0 Å². The molecule has 1 nitrogen and oxygen atoms in total. The van der Waals surface area contributed by atoms with Gasteiger partial charge in [-0.15, -0.1) is 0 Å². The number of hydrogen-bond donors (Lipinski definition) is 0. The average molecular weight is 289 g/mol. The number of quaternary nitrogens is 1. The van der Waals surface area contributed by atoms with Gasteiger partial charge < -0.3 is 4.48 Å². The first-order valence-electron chi connectivity index (χ1n) is 8.00. The van der Waals surface area contributed by atoms with E-state index < -0.39 is 8.07 Å². The molecule has 0 fully saturated rings. The highest BCUT2D eigenvalue weighted by molar-refractivity contribution is 6.83. The Balaban J connectivity index is 2.04. The Bertz CT molecular complexity index is 390. The highest BCUT2D eigenvalue weighted by atomic mass is 28.3. The Morgan fingerprint density at radius 2 is 1.35 bits per heavy atom. The molecule has 0 saturated heterocycles. The third-order valence-electron chi connectivity index (χ3n) is 5.35. The summed E-state index contributed by atoms with van der Waals surface area (Å²) in [5.41, 5.74) is 1.44.